The number of allylic oxidation sites excluding steroid dienone is 4. The number of aryl methyl sites for hydroxylation is 1. The first kappa shape index (κ1) is 30.4. The molecule has 0 saturated heterocycles. The van der Waals surface area contributed by atoms with Crippen LogP contribution < -0.4 is 4.74 Å². The number of rotatable bonds is 22. The largest absolute Gasteiger partial charge is 0.476 e. The van der Waals surface area contributed by atoms with Gasteiger partial charge in [0, 0.05) is 7.05 Å². The van der Waals surface area contributed by atoms with Crippen molar-refractivity contribution in [2.45, 2.75) is 122 Å². The van der Waals surface area contributed by atoms with E-state index in [-0.39, 0.29) is 0 Å². The Morgan fingerprint density at radius 2 is 1.39 bits per heavy atom. The first-order chi connectivity index (χ1) is 17.8. The molecule has 2 rings (SSSR count). The number of thioether (sulfide) groups is 1. The summed E-state index contributed by atoms with van der Waals surface area (Å²) in [6.07, 6.45) is 31.0. The van der Waals surface area contributed by atoms with E-state index in [2.05, 4.69) is 53.2 Å². The predicted octanol–water partition coefficient (Wildman–Crippen LogP) is 9.23. The average molecular weight is 515 g/mol. The van der Waals surface area contributed by atoms with Crippen LogP contribution in [-0.4, -0.2) is 32.1 Å². The Hall–Kier alpha value is -1.82. The average Bonchev–Trinajstić information content (AvgIpc) is 3.21. The highest BCUT2D eigenvalue weighted by molar-refractivity contribution is 7.99. The van der Waals surface area contributed by atoms with Crippen LogP contribution in [0.5, 0.6) is 5.88 Å². The molecule has 202 valence electrons. The molecule has 0 aliphatic heterocycles. The maximum Gasteiger partial charge on any atom is 0.239 e. The Morgan fingerprint density at radius 3 is 2.14 bits per heavy atom. The zero-order valence-electron chi connectivity index (χ0n) is 23.2. The SMILES string of the molecule is CCCCCC=CCC=CCCCCCCCCOc1c2ncnc(SCCCCCC)c2nn1C. The van der Waals surface area contributed by atoms with Crippen molar-refractivity contribution in [1.29, 1.82) is 0 Å². The summed E-state index contributed by atoms with van der Waals surface area (Å²) in [6.45, 7) is 5.21. The monoisotopic (exact) mass is 514 g/mol. The minimum Gasteiger partial charge on any atom is -0.476 e. The van der Waals surface area contributed by atoms with Gasteiger partial charge in [-0.2, -0.15) is 5.10 Å². The summed E-state index contributed by atoms with van der Waals surface area (Å²) in [4.78, 5) is 8.95. The van der Waals surface area contributed by atoms with Crippen LogP contribution in [0.25, 0.3) is 11.0 Å². The highest BCUT2D eigenvalue weighted by Crippen LogP contribution is 2.30. The normalized spacial score (nSPS) is 12.0. The van der Waals surface area contributed by atoms with Crippen LogP contribution in [0.15, 0.2) is 35.7 Å². The van der Waals surface area contributed by atoms with Gasteiger partial charge in [0.15, 0.2) is 5.52 Å². The van der Waals surface area contributed by atoms with Gasteiger partial charge in [-0.15, -0.1) is 11.8 Å². The van der Waals surface area contributed by atoms with Crippen LogP contribution in [-0.2, 0) is 7.05 Å². The van der Waals surface area contributed by atoms with Crippen LogP contribution in [0.2, 0.25) is 0 Å². The van der Waals surface area contributed by atoms with Crippen molar-refractivity contribution >= 4 is 22.8 Å². The van der Waals surface area contributed by atoms with Crippen molar-refractivity contribution in [2.75, 3.05) is 12.4 Å². The standard InChI is InChI=1S/C30H50N4OS/c1-4-6-8-10-11-12-13-14-15-16-17-18-19-20-21-22-24-35-30-28-27(33-34(30)3)29(32-26-31-28)36-25-23-9-7-5-2/h11-12,14-15,26H,4-10,13,16-25H2,1-3H3. The Labute approximate surface area is 224 Å². The van der Waals surface area contributed by atoms with Crippen LogP contribution in [0.4, 0.5) is 0 Å². The van der Waals surface area contributed by atoms with Gasteiger partial charge in [-0.3, -0.25) is 0 Å². The summed E-state index contributed by atoms with van der Waals surface area (Å²) >= 11 is 1.78. The summed E-state index contributed by atoms with van der Waals surface area (Å²) in [5.41, 5.74) is 1.70. The molecular weight excluding hydrogens is 464 g/mol. The number of aromatic nitrogens is 4. The molecule has 0 radical (unpaired) electrons. The second-order valence-corrected chi connectivity index (χ2v) is 10.7. The first-order valence-electron chi connectivity index (χ1n) is 14.5. The molecule has 0 saturated carbocycles. The summed E-state index contributed by atoms with van der Waals surface area (Å²) in [5, 5.41) is 5.63. The van der Waals surface area contributed by atoms with Crippen LogP contribution in [0.1, 0.15) is 117 Å². The zero-order chi connectivity index (χ0) is 25.7. The minimum absolute atomic E-state index is 0.715. The molecule has 36 heavy (non-hydrogen) atoms. The number of hydrogen-bond donors (Lipinski definition) is 0. The van der Waals surface area contributed by atoms with Gasteiger partial charge in [0.2, 0.25) is 5.88 Å². The maximum absolute atomic E-state index is 6.11. The van der Waals surface area contributed by atoms with Gasteiger partial charge in [-0.25, -0.2) is 14.6 Å². The lowest BCUT2D eigenvalue weighted by molar-refractivity contribution is 0.282. The second kappa shape index (κ2) is 20.3. The summed E-state index contributed by atoms with van der Waals surface area (Å²) in [7, 11) is 1.94. The molecule has 0 amide bonds. The van der Waals surface area contributed by atoms with Crippen molar-refractivity contribution in [3.8, 4) is 5.88 Å². The third-order valence-corrected chi connectivity index (χ3v) is 7.42. The Morgan fingerprint density at radius 1 is 0.750 bits per heavy atom. The van der Waals surface area contributed by atoms with E-state index in [1.807, 2.05) is 11.7 Å². The number of hydrogen-bond acceptors (Lipinski definition) is 5. The Kier molecular flexibility index (Phi) is 17.1. The lowest BCUT2D eigenvalue weighted by atomic mass is 10.1. The van der Waals surface area contributed by atoms with Gasteiger partial charge < -0.3 is 4.74 Å². The van der Waals surface area contributed by atoms with Gasteiger partial charge in [-0.05, 0) is 50.7 Å². The van der Waals surface area contributed by atoms with Crippen molar-refractivity contribution in [1.82, 2.24) is 19.7 Å². The molecule has 0 spiro atoms. The van der Waals surface area contributed by atoms with E-state index in [9.17, 15) is 0 Å². The molecule has 0 aliphatic carbocycles. The fourth-order valence-corrected chi connectivity index (χ4v) is 5.12. The number of fused-ring (bicyclic) bond motifs is 1. The number of nitrogens with zero attached hydrogens (tertiary/aromatic N) is 4. The lowest BCUT2D eigenvalue weighted by Gasteiger charge is -2.06. The van der Waals surface area contributed by atoms with E-state index >= 15 is 0 Å². The number of ether oxygens (including phenoxy) is 1. The minimum atomic E-state index is 0.715. The second-order valence-electron chi connectivity index (χ2n) is 9.65. The van der Waals surface area contributed by atoms with Crippen molar-refractivity contribution in [3.05, 3.63) is 30.6 Å². The highest BCUT2D eigenvalue weighted by Gasteiger charge is 2.16. The Balaban J connectivity index is 1.55. The Bertz CT molecular complexity index is 877. The van der Waals surface area contributed by atoms with E-state index in [1.54, 1.807) is 18.1 Å². The molecule has 2 heterocycles. The van der Waals surface area contributed by atoms with Gasteiger partial charge >= 0.3 is 0 Å². The summed E-state index contributed by atoms with van der Waals surface area (Å²) in [6, 6.07) is 0. The topological polar surface area (TPSA) is 52.8 Å². The van der Waals surface area contributed by atoms with Crippen molar-refractivity contribution in [2.24, 2.45) is 7.05 Å². The molecule has 0 aromatic carbocycles. The van der Waals surface area contributed by atoms with E-state index in [1.165, 1.54) is 89.9 Å². The summed E-state index contributed by atoms with van der Waals surface area (Å²) in [5.74, 6) is 1.84. The molecule has 0 unspecified atom stereocenters. The van der Waals surface area contributed by atoms with E-state index in [0.717, 1.165) is 40.5 Å². The number of unbranched alkanes of at least 4 members (excludes halogenated alkanes) is 12. The fraction of sp³-hybridized carbons (Fsp3) is 0.700. The smallest absolute Gasteiger partial charge is 0.239 e. The molecule has 2 aromatic heterocycles. The third kappa shape index (κ3) is 12.4. The molecule has 0 aliphatic rings. The summed E-state index contributed by atoms with van der Waals surface area (Å²) < 4.78 is 7.92. The zero-order valence-corrected chi connectivity index (χ0v) is 24.0. The van der Waals surface area contributed by atoms with Crippen molar-refractivity contribution < 1.29 is 4.74 Å². The molecule has 6 heteroatoms. The molecule has 0 fully saturated rings. The van der Waals surface area contributed by atoms with Gasteiger partial charge in [-0.1, -0.05) is 95.9 Å². The van der Waals surface area contributed by atoms with E-state index in [0.29, 0.717) is 6.61 Å². The lowest BCUT2D eigenvalue weighted by Crippen LogP contribution is -2.02. The molecule has 0 N–H and O–H groups in total. The van der Waals surface area contributed by atoms with Crippen LogP contribution in [0.3, 0.4) is 0 Å². The van der Waals surface area contributed by atoms with E-state index < -0.39 is 0 Å². The fourth-order valence-electron chi connectivity index (χ4n) is 4.18. The van der Waals surface area contributed by atoms with E-state index in [4.69, 9.17) is 4.74 Å². The third-order valence-electron chi connectivity index (χ3n) is 6.36. The maximum atomic E-state index is 6.11. The molecule has 5 nitrogen and oxygen atoms in total. The van der Waals surface area contributed by atoms with Crippen molar-refractivity contribution in [3.63, 3.8) is 0 Å². The molecule has 0 bridgehead atoms. The van der Waals surface area contributed by atoms with Gasteiger partial charge in [0.1, 0.15) is 16.9 Å². The van der Waals surface area contributed by atoms with Crippen LogP contribution >= 0.6 is 11.8 Å². The van der Waals surface area contributed by atoms with Gasteiger partial charge in [0.05, 0.1) is 6.61 Å². The highest BCUT2D eigenvalue weighted by atomic mass is 32.2. The molecular formula is C30H50N4OS. The predicted molar refractivity (Wildman–Crippen MR) is 156 cm³/mol. The molecule has 2 aromatic rings. The quantitative estimate of drug-likeness (QED) is 0.0678. The van der Waals surface area contributed by atoms with Gasteiger partial charge in [0.25, 0.3) is 0 Å². The first-order valence-corrected chi connectivity index (χ1v) is 15.5. The molecule has 0 atom stereocenters. The van der Waals surface area contributed by atoms with Crippen LogP contribution in [0, 0.1) is 0 Å².